The van der Waals surface area contributed by atoms with Crippen LogP contribution in [0.15, 0.2) is 89.8 Å². The molecule has 1 aliphatic rings. The molecular weight excluding hydrogens is 643 g/mol. The van der Waals surface area contributed by atoms with Crippen LogP contribution in [-0.2, 0) is 23.4 Å². The zero-order chi connectivity index (χ0) is 28.7. The Balaban J connectivity index is 1.18. The second-order valence-electron chi connectivity index (χ2n) is 10.8. The first-order chi connectivity index (χ1) is 19.7. The fourth-order valence-corrected chi connectivity index (χ4v) is 6.63. The van der Waals surface area contributed by atoms with Crippen molar-refractivity contribution < 1.29 is 8.42 Å². The van der Waals surface area contributed by atoms with Gasteiger partial charge in [-0.25, -0.2) is 8.42 Å². The number of rotatable bonds is 6. The molecule has 0 N–H and O–H groups in total. The monoisotopic (exact) mass is 676 g/mol. The molecule has 3 heterocycles. The van der Waals surface area contributed by atoms with Gasteiger partial charge < -0.3 is 9.47 Å². The standard InChI is InChI=1S/C33H33IN4O2S/c1-23-30-20-32(26-8-14-29(15-9-26)41(3,39)40)36(2)33(30)21-31(35-23)25-6-12-28(13-7-25)38-18-16-37(17-19-38)22-24-4-10-27(34)11-5-24/h4-15,20-21H,16-19,22H2,1-3H3. The molecule has 6 nitrogen and oxygen atoms in total. The van der Waals surface area contributed by atoms with Gasteiger partial charge in [0, 0.05) is 77.6 Å². The van der Waals surface area contributed by atoms with Crippen molar-refractivity contribution in [3.8, 4) is 22.5 Å². The van der Waals surface area contributed by atoms with Gasteiger partial charge in [0.05, 0.1) is 16.1 Å². The third-order valence-corrected chi connectivity index (χ3v) is 9.88. The van der Waals surface area contributed by atoms with Gasteiger partial charge in [-0.05, 0) is 89.2 Å². The lowest BCUT2D eigenvalue weighted by Crippen LogP contribution is -2.45. The number of benzene rings is 3. The fourth-order valence-electron chi connectivity index (χ4n) is 5.64. The molecule has 0 amide bonds. The van der Waals surface area contributed by atoms with Gasteiger partial charge in [0.2, 0.25) is 0 Å². The molecule has 1 fully saturated rings. The van der Waals surface area contributed by atoms with Crippen molar-refractivity contribution in [1.82, 2.24) is 14.5 Å². The normalized spacial score (nSPS) is 14.6. The molecule has 0 atom stereocenters. The van der Waals surface area contributed by atoms with Crippen molar-refractivity contribution in [2.24, 2.45) is 7.05 Å². The molecular formula is C33H33IN4O2S. The predicted molar refractivity (Wildman–Crippen MR) is 176 cm³/mol. The number of pyridine rings is 1. The first-order valence-electron chi connectivity index (χ1n) is 13.8. The summed E-state index contributed by atoms with van der Waals surface area (Å²) in [5, 5.41) is 1.10. The second-order valence-corrected chi connectivity index (χ2v) is 14.1. The third-order valence-electron chi connectivity index (χ3n) is 8.03. The van der Waals surface area contributed by atoms with Crippen LogP contribution in [0.1, 0.15) is 11.3 Å². The summed E-state index contributed by atoms with van der Waals surface area (Å²) in [7, 11) is -1.18. The van der Waals surface area contributed by atoms with Crippen LogP contribution in [-0.4, -0.2) is 55.3 Å². The molecule has 0 radical (unpaired) electrons. The van der Waals surface area contributed by atoms with Crippen molar-refractivity contribution in [1.29, 1.82) is 0 Å². The van der Waals surface area contributed by atoms with E-state index in [0.29, 0.717) is 4.90 Å². The molecule has 0 bridgehead atoms. The predicted octanol–water partition coefficient (Wildman–Crippen LogP) is 6.55. The summed E-state index contributed by atoms with van der Waals surface area (Å²) < 4.78 is 27.2. The molecule has 0 spiro atoms. The van der Waals surface area contributed by atoms with Crippen molar-refractivity contribution in [3.05, 3.63) is 99.8 Å². The first-order valence-corrected chi connectivity index (χ1v) is 16.7. The van der Waals surface area contributed by atoms with E-state index in [0.717, 1.165) is 71.8 Å². The highest BCUT2D eigenvalue weighted by Crippen LogP contribution is 2.32. The van der Waals surface area contributed by atoms with Crippen molar-refractivity contribution >= 4 is 49.0 Å². The summed E-state index contributed by atoms with van der Waals surface area (Å²) in [5.74, 6) is 0. The summed E-state index contributed by atoms with van der Waals surface area (Å²) in [4.78, 5) is 10.3. The van der Waals surface area contributed by atoms with Gasteiger partial charge in [-0.2, -0.15) is 0 Å². The van der Waals surface area contributed by atoms with Crippen molar-refractivity contribution in [3.63, 3.8) is 0 Å². The second kappa shape index (κ2) is 11.2. The Kier molecular flexibility index (Phi) is 7.65. The Labute approximate surface area is 255 Å². The Morgan fingerprint density at radius 3 is 2.10 bits per heavy atom. The van der Waals surface area contributed by atoms with E-state index in [1.54, 1.807) is 12.1 Å². The van der Waals surface area contributed by atoms with Gasteiger partial charge in [0.15, 0.2) is 9.84 Å². The number of hydrogen-bond acceptors (Lipinski definition) is 5. The topological polar surface area (TPSA) is 58.4 Å². The lowest BCUT2D eigenvalue weighted by Gasteiger charge is -2.36. The number of piperazine rings is 1. The number of sulfone groups is 1. The lowest BCUT2D eigenvalue weighted by atomic mass is 10.1. The summed E-state index contributed by atoms with van der Waals surface area (Å²) in [6.07, 6.45) is 1.23. The zero-order valence-electron chi connectivity index (χ0n) is 23.5. The van der Waals surface area contributed by atoms with Gasteiger partial charge in [0.1, 0.15) is 0 Å². The number of aromatic nitrogens is 2. The number of hydrogen-bond donors (Lipinski definition) is 0. The number of halogens is 1. The van der Waals surface area contributed by atoms with Crippen LogP contribution < -0.4 is 4.90 Å². The molecule has 5 aromatic rings. The van der Waals surface area contributed by atoms with Gasteiger partial charge in [-0.1, -0.05) is 36.4 Å². The van der Waals surface area contributed by atoms with Crippen LogP contribution in [0.3, 0.4) is 0 Å². The minimum absolute atomic E-state index is 0.326. The van der Waals surface area contributed by atoms with Crippen LogP contribution in [0, 0.1) is 10.5 Å². The van der Waals surface area contributed by atoms with Gasteiger partial charge in [0.25, 0.3) is 0 Å². The largest absolute Gasteiger partial charge is 0.369 e. The first kappa shape index (κ1) is 27.9. The van der Waals surface area contributed by atoms with E-state index in [2.05, 4.69) is 97.6 Å². The molecule has 6 rings (SSSR count). The summed E-state index contributed by atoms with van der Waals surface area (Å²) >= 11 is 2.35. The Morgan fingerprint density at radius 1 is 0.829 bits per heavy atom. The van der Waals surface area contributed by atoms with Gasteiger partial charge in [-0.3, -0.25) is 9.88 Å². The van der Waals surface area contributed by atoms with Crippen LogP contribution >= 0.6 is 22.6 Å². The number of aryl methyl sites for hydroxylation is 2. The maximum absolute atomic E-state index is 11.9. The average molecular weight is 677 g/mol. The van der Waals surface area contributed by atoms with E-state index in [9.17, 15) is 8.42 Å². The fraction of sp³-hybridized carbons (Fsp3) is 0.242. The minimum atomic E-state index is -3.23. The maximum Gasteiger partial charge on any atom is 0.175 e. The van der Waals surface area contributed by atoms with E-state index in [4.69, 9.17) is 4.98 Å². The van der Waals surface area contributed by atoms with E-state index in [-0.39, 0.29) is 0 Å². The third kappa shape index (κ3) is 5.91. The molecule has 210 valence electrons. The van der Waals surface area contributed by atoms with Crippen LogP contribution in [0.25, 0.3) is 33.4 Å². The molecule has 41 heavy (non-hydrogen) atoms. The SMILES string of the molecule is Cc1nc(-c2ccc(N3CCN(Cc4ccc(I)cc4)CC3)cc2)cc2c1cc(-c1ccc(S(C)(=O)=O)cc1)n2C. The minimum Gasteiger partial charge on any atom is -0.369 e. The molecule has 1 aliphatic heterocycles. The van der Waals surface area contributed by atoms with E-state index in [1.165, 1.54) is 21.1 Å². The van der Waals surface area contributed by atoms with E-state index < -0.39 is 9.84 Å². The molecule has 8 heteroatoms. The van der Waals surface area contributed by atoms with E-state index in [1.807, 2.05) is 26.1 Å². The molecule has 2 aromatic heterocycles. The Hall–Kier alpha value is -3.21. The Morgan fingerprint density at radius 2 is 1.46 bits per heavy atom. The van der Waals surface area contributed by atoms with Crippen LogP contribution in [0.5, 0.6) is 0 Å². The molecule has 0 aliphatic carbocycles. The highest BCUT2D eigenvalue weighted by atomic mass is 127. The average Bonchev–Trinajstić information content (AvgIpc) is 3.31. The number of nitrogens with zero attached hydrogens (tertiary/aromatic N) is 4. The maximum atomic E-state index is 11.9. The van der Waals surface area contributed by atoms with Gasteiger partial charge in [-0.15, -0.1) is 0 Å². The molecule has 0 unspecified atom stereocenters. The number of anilines is 1. The number of fused-ring (bicyclic) bond motifs is 1. The summed E-state index contributed by atoms with van der Waals surface area (Å²) in [6.45, 7) is 7.20. The van der Waals surface area contributed by atoms with E-state index >= 15 is 0 Å². The van der Waals surface area contributed by atoms with Gasteiger partial charge >= 0.3 is 0 Å². The lowest BCUT2D eigenvalue weighted by molar-refractivity contribution is 0.250. The molecule has 0 saturated carbocycles. The van der Waals surface area contributed by atoms with Crippen LogP contribution in [0.2, 0.25) is 0 Å². The highest BCUT2D eigenvalue weighted by molar-refractivity contribution is 14.1. The smallest absolute Gasteiger partial charge is 0.175 e. The Bertz CT molecular complexity index is 1810. The highest BCUT2D eigenvalue weighted by Gasteiger charge is 2.18. The molecule has 1 saturated heterocycles. The quantitative estimate of drug-likeness (QED) is 0.191. The summed E-state index contributed by atoms with van der Waals surface area (Å²) in [5.41, 5.74) is 8.74. The molecule has 3 aromatic carbocycles. The van der Waals surface area contributed by atoms with Crippen LogP contribution in [0.4, 0.5) is 5.69 Å². The zero-order valence-corrected chi connectivity index (χ0v) is 26.5. The van der Waals surface area contributed by atoms with Crippen molar-refractivity contribution in [2.45, 2.75) is 18.4 Å². The summed E-state index contributed by atoms with van der Waals surface area (Å²) in [6, 6.07) is 29.0. The van der Waals surface area contributed by atoms with Crippen molar-refractivity contribution in [2.75, 3.05) is 37.3 Å².